The predicted octanol–water partition coefficient (Wildman–Crippen LogP) is 2.36. The first kappa shape index (κ1) is 7.35. The Bertz CT molecular complexity index is 401. The van der Waals surface area contributed by atoms with Gasteiger partial charge in [-0.3, -0.25) is 0 Å². The highest BCUT2D eigenvalue weighted by Crippen LogP contribution is 2.13. The van der Waals surface area contributed by atoms with E-state index in [2.05, 4.69) is 41.6 Å². The third-order valence-electron chi connectivity index (χ3n) is 2.12. The van der Waals surface area contributed by atoms with Crippen LogP contribution in [0.15, 0.2) is 24.5 Å². The van der Waals surface area contributed by atoms with Gasteiger partial charge in [0, 0.05) is 6.54 Å². The van der Waals surface area contributed by atoms with Crippen LogP contribution in [0.25, 0.3) is 11.0 Å². The first-order chi connectivity index (χ1) is 5.81. The van der Waals surface area contributed by atoms with Crippen LogP contribution in [0.5, 0.6) is 0 Å². The van der Waals surface area contributed by atoms with Crippen molar-refractivity contribution in [1.29, 1.82) is 0 Å². The molecule has 0 spiro atoms. The maximum atomic E-state index is 4.31. The van der Waals surface area contributed by atoms with E-state index in [4.69, 9.17) is 0 Å². The zero-order valence-corrected chi connectivity index (χ0v) is 7.41. The fraction of sp³-hybridized carbons (Fsp3) is 0.300. The van der Waals surface area contributed by atoms with Crippen molar-refractivity contribution in [2.45, 2.75) is 20.4 Å². The van der Waals surface area contributed by atoms with Gasteiger partial charge in [-0.25, -0.2) is 4.98 Å². The SMILES string of the molecule is CCn1cnc2cc(C)ccc21. The number of hydrogen-bond acceptors (Lipinski definition) is 1. The van der Waals surface area contributed by atoms with Crippen molar-refractivity contribution in [3.05, 3.63) is 30.1 Å². The van der Waals surface area contributed by atoms with Crippen LogP contribution in [-0.4, -0.2) is 9.55 Å². The van der Waals surface area contributed by atoms with Gasteiger partial charge in [-0.15, -0.1) is 0 Å². The molecule has 0 saturated heterocycles. The van der Waals surface area contributed by atoms with Crippen molar-refractivity contribution in [3.8, 4) is 0 Å². The van der Waals surface area contributed by atoms with Gasteiger partial charge in [-0.1, -0.05) is 6.07 Å². The number of aromatic nitrogens is 2. The van der Waals surface area contributed by atoms with E-state index >= 15 is 0 Å². The summed E-state index contributed by atoms with van der Waals surface area (Å²) in [6.07, 6.45) is 1.89. The van der Waals surface area contributed by atoms with Gasteiger partial charge >= 0.3 is 0 Å². The molecule has 12 heavy (non-hydrogen) atoms. The standard InChI is InChI=1S/C10H12N2/c1-3-12-7-11-9-6-8(2)4-5-10(9)12/h4-7H,3H2,1-2H3. The maximum Gasteiger partial charge on any atom is 0.0958 e. The lowest BCUT2D eigenvalue weighted by Gasteiger charge is -1.97. The van der Waals surface area contributed by atoms with Crippen LogP contribution in [0.4, 0.5) is 0 Å². The first-order valence-corrected chi connectivity index (χ1v) is 4.22. The van der Waals surface area contributed by atoms with Gasteiger partial charge < -0.3 is 4.57 Å². The molecule has 0 radical (unpaired) electrons. The molecule has 0 fully saturated rings. The van der Waals surface area contributed by atoms with Gasteiger partial charge in [-0.2, -0.15) is 0 Å². The number of imidazole rings is 1. The van der Waals surface area contributed by atoms with E-state index < -0.39 is 0 Å². The number of rotatable bonds is 1. The average molecular weight is 160 g/mol. The molecule has 0 unspecified atom stereocenters. The quantitative estimate of drug-likeness (QED) is 0.626. The van der Waals surface area contributed by atoms with Gasteiger partial charge in [0.1, 0.15) is 0 Å². The second-order valence-electron chi connectivity index (χ2n) is 3.02. The second-order valence-corrected chi connectivity index (χ2v) is 3.02. The Morgan fingerprint density at radius 3 is 3.00 bits per heavy atom. The third kappa shape index (κ3) is 0.998. The first-order valence-electron chi connectivity index (χ1n) is 4.22. The number of fused-ring (bicyclic) bond motifs is 1. The summed E-state index contributed by atoms with van der Waals surface area (Å²) < 4.78 is 2.15. The summed E-state index contributed by atoms with van der Waals surface area (Å²) >= 11 is 0. The number of aryl methyl sites for hydroxylation is 2. The molecule has 1 heterocycles. The molecule has 1 aromatic heterocycles. The predicted molar refractivity (Wildman–Crippen MR) is 50.1 cm³/mol. The summed E-state index contributed by atoms with van der Waals surface area (Å²) in [6.45, 7) is 5.20. The van der Waals surface area contributed by atoms with E-state index in [9.17, 15) is 0 Å². The summed E-state index contributed by atoms with van der Waals surface area (Å²) in [7, 11) is 0. The largest absolute Gasteiger partial charge is 0.331 e. The Kier molecular flexibility index (Phi) is 1.61. The Morgan fingerprint density at radius 1 is 1.42 bits per heavy atom. The number of hydrogen-bond donors (Lipinski definition) is 0. The molecule has 0 saturated carbocycles. The van der Waals surface area contributed by atoms with E-state index in [0.29, 0.717) is 0 Å². The minimum absolute atomic E-state index is 0.986. The van der Waals surface area contributed by atoms with E-state index in [0.717, 1.165) is 12.1 Å². The van der Waals surface area contributed by atoms with Crippen LogP contribution in [0.2, 0.25) is 0 Å². The highest BCUT2D eigenvalue weighted by molar-refractivity contribution is 5.75. The van der Waals surface area contributed by atoms with Crippen molar-refractivity contribution in [3.63, 3.8) is 0 Å². The monoisotopic (exact) mass is 160 g/mol. The highest BCUT2D eigenvalue weighted by Gasteiger charge is 1.99. The van der Waals surface area contributed by atoms with E-state index in [1.54, 1.807) is 0 Å². The molecule has 1 aromatic carbocycles. The summed E-state index contributed by atoms with van der Waals surface area (Å²) in [5.74, 6) is 0. The lowest BCUT2D eigenvalue weighted by molar-refractivity contribution is 0.787. The van der Waals surface area contributed by atoms with Crippen molar-refractivity contribution in [1.82, 2.24) is 9.55 Å². The van der Waals surface area contributed by atoms with Gasteiger partial charge in [0.25, 0.3) is 0 Å². The molecule has 0 aliphatic carbocycles. The molecule has 2 nitrogen and oxygen atoms in total. The highest BCUT2D eigenvalue weighted by atomic mass is 15.0. The van der Waals surface area contributed by atoms with Gasteiger partial charge in [-0.05, 0) is 31.5 Å². The molecule has 2 heteroatoms. The molecule has 0 N–H and O–H groups in total. The molecule has 0 aliphatic rings. The molecule has 0 amide bonds. The molecular weight excluding hydrogens is 148 g/mol. The molecule has 2 rings (SSSR count). The summed E-state index contributed by atoms with van der Waals surface area (Å²) in [5, 5.41) is 0. The summed E-state index contributed by atoms with van der Waals surface area (Å²) in [4.78, 5) is 4.31. The molecule has 0 bridgehead atoms. The molecule has 0 aliphatic heterocycles. The second kappa shape index (κ2) is 2.63. The van der Waals surface area contributed by atoms with Gasteiger partial charge in [0.15, 0.2) is 0 Å². The zero-order chi connectivity index (χ0) is 8.55. The molecular formula is C10H12N2. The lowest BCUT2D eigenvalue weighted by Crippen LogP contribution is -1.89. The Morgan fingerprint density at radius 2 is 2.25 bits per heavy atom. The van der Waals surface area contributed by atoms with Crippen molar-refractivity contribution < 1.29 is 0 Å². The normalized spacial score (nSPS) is 10.8. The van der Waals surface area contributed by atoms with E-state index in [-0.39, 0.29) is 0 Å². The Balaban J connectivity index is 2.73. The van der Waals surface area contributed by atoms with Crippen molar-refractivity contribution in [2.75, 3.05) is 0 Å². The number of nitrogens with zero attached hydrogens (tertiary/aromatic N) is 2. The third-order valence-corrected chi connectivity index (χ3v) is 2.12. The van der Waals surface area contributed by atoms with Crippen molar-refractivity contribution in [2.24, 2.45) is 0 Å². The van der Waals surface area contributed by atoms with Crippen LogP contribution in [0.3, 0.4) is 0 Å². The van der Waals surface area contributed by atoms with Crippen LogP contribution < -0.4 is 0 Å². The van der Waals surface area contributed by atoms with Crippen LogP contribution >= 0.6 is 0 Å². The van der Waals surface area contributed by atoms with Crippen molar-refractivity contribution >= 4 is 11.0 Å². The Hall–Kier alpha value is -1.31. The summed E-state index contributed by atoms with van der Waals surface area (Å²) in [5.41, 5.74) is 3.59. The minimum atomic E-state index is 0.986. The smallest absolute Gasteiger partial charge is 0.0958 e. The van der Waals surface area contributed by atoms with Gasteiger partial charge in [0.2, 0.25) is 0 Å². The topological polar surface area (TPSA) is 17.8 Å². The maximum absolute atomic E-state index is 4.31. The van der Waals surface area contributed by atoms with Gasteiger partial charge in [0.05, 0.1) is 17.4 Å². The Labute approximate surface area is 71.8 Å². The number of benzene rings is 1. The molecule has 62 valence electrons. The fourth-order valence-electron chi connectivity index (χ4n) is 1.43. The van der Waals surface area contributed by atoms with Crippen LogP contribution in [0.1, 0.15) is 12.5 Å². The summed E-state index contributed by atoms with van der Waals surface area (Å²) in [6, 6.07) is 6.36. The average Bonchev–Trinajstić information content (AvgIpc) is 2.46. The van der Waals surface area contributed by atoms with E-state index in [1.807, 2.05) is 6.33 Å². The lowest BCUT2D eigenvalue weighted by atomic mass is 10.2. The fourth-order valence-corrected chi connectivity index (χ4v) is 1.43. The zero-order valence-electron chi connectivity index (χ0n) is 7.41. The van der Waals surface area contributed by atoms with Crippen LogP contribution in [0, 0.1) is 6.92 Å². The molecule has 0 atom stereocenters. The van der Waals surface area contributed by atoms with Crippen LogP contribution in [-0.2, 0) is 6.54 Å². The molecule has 2 aromatic rings. The minimum Gasteiger partial charge on any atom is -0.331 e. The van der Waals surface area contributed by atoms with E-state index in [1.165, 1.54) is 11.1 Å².